The molecule has 0 bridgehead atoms. The van der Waals surface area contributed by atoms with Gasteiger partial charge >= 0.3 is 12.2 Å². The van der Waals surface area contributed by atoms with E-state index in [1.807, 2.05) is 13.8 Å². The highest BCUT2D eigenvalue weighted by Gasteiger charge is 2.34. The van der Waals surface area contributed by atoms with Crippen LogP contribution >= 0.6 is 0 Å². The summed E-state index contributed by atoms with van der Waals surface area (Å²) in [6, 6.07) is 4.33. The van der Waals surface area contributed by atoms with Crippen LogP contribution in [0.5, 0.6) is 0 Å². The number of carbonyl (C=O) groups is 2. The fraction of sp³-hybridized carbons (Fsp3) is 0.619. The predicted molar refractivity (Wildman–Crippen MR) is 107 cm³/mol. The molecule has 3 amide bonds. The number of urea groups is 1. The highest BCUT2D eigenvalue weighted by Crippen LogP contribution is 2.34. The molecule has 8 heteroatoms. The van der Waals surface area contributed by atoms with E-state index in [0.717, 1.165) is 44.6 Å². The van der Waals surface area contributed by atoms with Gasteiger partial charge in [-0.15, -0.1) is 0 Å². The molecule has 0 radical (unpaired) electrons. The lowest BCUT2D eigenvalue weighted by atomic mass is 10.1. The molecule has 1 aliphatic rings. The maximum absolute atomic E-state index is 13.1. The van der Waals surface area contributed by atoms with Crippen LogP contribution in [0.3, 0.4) is 0 Å². The Labute approximate surface area is 170 Å². The van der Waals surface area contributed by atoms with Crippen molar-refractivity contribution < 1.29 is 22.8 Å². The van der Waals surface area contributed by atoms with Gasteiger partial charge in [-0.3, -0.25) is 4.79 Å². The lowest BCUT2D eigenvalue weighted by Crippen LogP contribution is -2.51. The Morgan fingerprint density at radius 2 is 1.76 bits per heavy atom. The summed E-state index contributed by atoms with van der Waals surface area (Å²) in [5.41, 5.74) is -1.22. The minimum atomic E-state index is -4.57. The lowest BCUT2D eigenvalue weighted by molar-refractivity contribution is -0.137. The Morgan fingerprint density at radius 3 is 2.34 bits per heavy atom. The van der Waals surface area contributed by atoms with Crippen molar-refractivity contribution in [3.63, 3.8) is 0 Å². The molecule has 5 nitrogen and oxygen atoms in total. The topological polar surface area (TPSA) is 61.4 Å². The van der Waals surface area contributed by atoms with Gasteiger partial charge in [-0.1, -0.05) is 44.7 Å². The van der Waals surface area contributed by atoms with Gasteiger partial charge < -0.3 is 15.5 Å². The predicted octanol–water partition coefficient (Wildman–Crippen LogP) is 5.18. The van der Waals surface area contributed by atoms with Gasteiger partial charge in [-0.25, -0.2) is 4.79 Å². The third kappa shape index (κ3) is 6.94. The summed E-state index contributed by atoms with van der Waals surface area (Å²) in [4.78, 5) is 26.7. The zero-order valence-electron chi connectivity index (χ0n) is 17.0. The molecule has 1 atom stereocenters. The van der Waals surface area contributed by atoms with Crippen LogP contribution < -0.4 is 10.6 Å². The third-order valence-electron chi connectivity index (χ3n) is 5.39. The van der Waals surface area contributed by atoms with Crippen molar-refractivity contribution >= 4 is 17.6 Å². The normalized spacial score (nSPS) is 16.6. The lowest BCUT2D eigenvalue weighted by Gasteiger charge is -2.30. The Hall–Kier alpha value is -2.25. The molecule has 1 fully saturated rings. The summed E-state index contributed by atoms with van der Waals surface area (Å²) in [5.74, 6) is -0.655. The van der Waals surface area contributed by atoms with Crippen LogP contribution in [0.25, 0.3) is 0 Å². The van der Waals surface area contributed by atoms with Crippen molar-refractivity contribution in [1.29, 1.82) is 0 Å². The largest absolute Gasteiger partial charge is 0.418 e. The van der Waals surface area contributed by atoms with Crippen molar-refractivity contribution in [3.8, 4) is 0 Å². The Bertz CT molecular complexity index is 686. The number of para-hydroxylation sites is 1. The minimum Gasteiger partial charge on any atom is -0.335 e. The summed E-state index contributed by atoms with van der Waals surface area (Å²) in [6.07, 6.45) is 2.30. The van der Waals surface area contributed by atoms with Gasteiger partial charge in [0.15, 0.2) is 0 Å². The summed E-state index contributed by atoms with van der Waals surface area (Å²) >= 11 is 0. The second-order valence-corrected chi connectivity index (χ2v) is 7.61. The molecule has 0 aromatic heterocycles. The van der Waals surface area contributed by atoms with Gasteiger partial charge in [0.25, 0.3) is 0 Å². The SMILES string of the molecule is CC[C@H](C)N(CC(=O)Nc1ccccc1C(F)(F)F)C(=O)NC1CCCCCC1. The molecule has 1 aromatic rings. The highest BCUT2D eigenvalue weighted by atomic mass is 19.4. The molecular weight excluding hydrogens is 383 g/mol. The number of anilines is 1. The zero-order valence-corrected chi connectivity index (χ0v) is 17.0. The Balaban J connectivity index is 2.06. The number of amides is 3. The highest BCUT2D eigenvalue weighted by molar-refractivity contribution is 5.95. The van der Waals surface area contributed by atoms with E-state index < -0.39 is 17.6 Å². The number of rotatable bonds is 6. The van der Waals surface area contributed by atoms with Gasteiger partial charge in [-0.05, 0) is 38.3 Å². The van der Waals surface area contributed by atoms with Crippen LogP contribution in [0.1, 0.15) is 64.4 Å². The number of alkyl halides is 3. The molecule has 1 saturated carbocycles. The van der Waals surface area contributed by atoms with E-state index in [1.165, 1.54) is 23.1 Å². The second kappa shape index (κ2) is 10.5. The standard InChI is InChI=1S/C21H30F3N3O2/c1-3-15(2)27(20(29)25-16-10-6-4-5-7-11-16)14-19(28)26-18-13-9-8-12-17(18)21(22,23)24/h8-9,12-13,15-16H,3-7,10-11,14H2,1-2H3,(H,25,29)(H,26,28)/t15-/m0/s1. The average molecular weight is 413 g/mol. The first-order chi connectivity index (χ1) is 13.7. The Kier molecular flexibility index (Phi) is 8.34. The minimum absolute atomic E-state index is 0.0746. The number of hydrogen-bond donors (Lipinski definition) is 2. The molecule has 0 aliphatic heterocycles. The molecule has 162 valence electrons. The van der Waals surface area contributed by atoms with E-state index in [4.69, 9.17) is 0 Å². The van der Waals surface area contributed by atoms with Gasteiger partial charge in [-0.2, -0.15) is 13.2 Å². The third-order valence-corrected chi connectivity index (χ3v) is 5.39. The van der Waals surface area contributed by atoms with Crippen LogP contribution in [0.15, 0.2) is 24.3 Å². The molecule has 29 heavy (non-hydrogen) atoms. The molecule has 0 saturated heterocycles. The van der Waals surface area contributed by atoms with Crippen LogP contribution in [0.2, 0.25) is 0 Å². The first-order valence-electron chi connectivity index (χ1n) is 10.3. The molecule has 1 aromatic carbocycles. The molecule has 0 spiro atoms. The van der Waals surface area contributed by atoms with Crippen LogP contribution in [-0.4, -0.2) is 35.5 Å². The maximum Gasteiger partial charge on any atom is 0.418 e. The number of halogens is 3. The Morgan fingerprint density at radius 1 is 1.14 bits per heavy atom. The molecule has 2 N–H and O–H groups in total. The van der Waals surface area contributed by atoms with Crippen LogP contribution in [-0.2, 0) is 11.0 Å². The van der Waals surface area contributed by atoms with Crippen LogP contribution in [0.4, 0.5) is 23.7 Å². The van der Waals surface area contributed by atoms with Gasteiger partial charge in [0.05, 0.1) is 11.3 Å². The summed E-state index contributed by atoms with van der Waals surface area (Å²) in [5, 5.41) is 5.32. The van der Waals surface area contributed by atoms with E-state index in [-0.39, 0.29) is 30.3 Å². The first-order valence-corrected chi connectivity index (χ1v) is 10.3. The molecule has 2 rings (SSSR count). The number of nitrogens with one attached hydrogen (secondary N) is 2. The molecule has 1 aliphatic carbocycles. The van der Waals surface area contributed by atoms with Crippen molar-refractivity contribution in [2.75, 3.05) is 11.9 Å². The maximum atomic E-state index is 13.1. The van der Waals surface area contributed by atoms with E-state index in [2.05, 4.69) is 10.6 Å². The fourth-order valence-electron chi connectivity index (χ4n) is 3.51. The summed E-state index contributed by atoms with van der Waals surface area (Å²) in [7, 11) is 0. The van der Waals surface area contributed by atoms with Crippen molar-refractivity contribution in [3.05, 3.63) is 29.8 Å². The van der Waals surface area contributed by atoms with Crippen molar-refractivity contribution in [2.24, 2.45) is 0 Å². The smallest absolute Gasteiger partial charge is 0.335 e. The summed E-state index contributed by atoms with van der Waals surface area (Å²) < 4.78 is 39.4. The van der Waals surface area contributed by atoms with Crippen LogP contribution in [0, 0.1) is 0 Å². The number of carbonyl (C=O) groups excluding carboxylic acids is 2. The first kappa shape index (κ1) is 23.0. The molecular formula is C21H30F3N3O2. The molecule has 0 unspecified atom stereocenters. The number of nitrogens with zero attached hydrogens (tertiary/aromatic N) is 1. The molecule has 0 heterocycles. The fourth-order valence-corrected chi connectivity index (χ4v) is 3.51. The van der Waals surface area contributed by atoms with Crippen molar-refractivity contribution in [2.45, 2.75) is 77.1 Å². The quantitative estimate of drug-likeness (QED) is 0.632. The monoisotopic (exact) mass is 413 g/mol. The van der Waals surface area contributed by atoms with E-state index in [1.54, 1.807) is 0 Å². The van der Waals surface area contributed by atoms with E-state index in [9.17, 15) is 22.8 Å². The van der Waals surface area contributed by atoms with E-state index >= 15 is 0 Å². The van der Waals surface area contributed by atoms with Gasteiger partial charge in [0.1, 0.15) is 6.54 Å². The van der Waals surface area contributed by atoms with E-state index in [0.29, 0.717) is 6.42 Å². The zero-order chi connectivity index (χ0) is 21.4. The van der Waals surface area contributed by atoms with Gasteiger partial charge in [0.2, 0.25) is 5.91 Å². The number of benzene rings is 1. The average Bonchev–Trinajstić information content (AvgIpc) is 2.93. The summed E-state index contributed by atoms with van der Waals surface area (Å²) in [6.45, 7) is 3.41. The van der Waals surface area contributed by atoms with Gasteiger partial charge in [0, 0.05) is 12.1 Å². The number of hydrogen-bond acceptors (Lipinski definition) is 2. The second-order valence-electron chi connectivity index (χ2n) is 7.61. The van der Waals surface area contributed by atoms with Crippen molar-refractivity contribution in [1.82, 2.24) is 10.2 Å².